The van der Waals surface area contributed by atoms with Gasteiger partial charge in [-0.25, -0.2) is 9.97 Å². The number of rotatable bonds is 4. The molecule has 25 heavy (non-hydrogen) atoms. The van der Waals surface area contributed by atoms with Gasteiger partial charge in [0.15, 0.2) is 0 Å². The summed E-state index contributed by atoms with van der Waals surface area (Å²) in [4.78, 5) is 21.7. The van der Waals surface area contributed by atoms with E-state index < -0.39 is 0 Å². The van der Waals surface area contributed by atoms with Crippen LogP contribution >= 0.6 is 0 Å². The van der Waals surface area contributed by atoms with Crippen molar-refractivity contribution in [2.45, 2.75) is 57.1 Å². The number of imidazole rings is 1. The third-order valence-corrected chi connectivity index (χ3v) is 5.40. The first-order valence-corrected chi connectivity index (χ1v) is 9.09. The molecule has 0 spiro atoms. The summed E-state index contributed by atoms with van der Waals surface area (Å²) >= 11 is 0. The van der Waals surface area contributed by atoms with Gasteiger partial charge in [-0.1, -0.05) is 0 Å². The largest absolute Gasteiger partial charge is 0.381 e. The molecule has 4 rings (SSSR count). The van der Waals surface area contributed by atoms with E-state index in [2.05, 4.69) is 21.4 Å². The summed E-state index contributed by atoms with van der Waals surface area (Å²) in [7, 11) is 1.76. The Morgan fingerprint density at radius 3 is 2.84 bits per heavy atom. The Kier molecular flexibility index (Phi) is 4.53. The maximum Gasteiger partial charge on any atom is 0.270 e. The predicted octanol–water partition coefficient (Wildman–Crippen LogP) is 2.44. The number of hydrogen-bond donors (Lipinski definition) is 1. The van der Waals surface area contributed by atoms with Crippen molar-refractivity contribution in [3.63, 3.8) is 0 Å². The first-order chi connectivity index (χ1) is 12.2. The van der Waals surface area contributed by atoms with Crippen LogP contribution in [0, 0.1) is 0 Å². The predicted molar refractivity (Wildman–Crippen MR) is 93.9 cm³/mol. The van der Waals surface area contributed by atoms with E-state index in [1.165, 1.54) is 5.56 Å². The molecule has 1 amide bonds. The molecule has 0 bridgehead atoms. The van der Waals surface area contributed by atoms with Crippen LogP contribution in [0.4, 0.5) is 0 Å². The first kappa shape index (κ1) is 16.3. The van der Waals surface area contributed by atoms with Crippen molar-refractivity contribution in [1.82, 2.24) is 19.9 Å². The number of carbonyl (C=O) groups is 1. The Bertz CT molecular complexity index is 749. The molecule has 0 saturated heterocycles. The minimum atomic E-state index is -0.0408. The zero-order chi connectivity index (χ0) is 17.2. The number of aromatic nitrogens is 3. The molecule has 6 heteroatoms. The minimum absolute atomic E-state index is 0.0408. The molecule has 6 nitrogen and oxygen atoms in total. The number of amides is 1. The average molecular weight is 340 g/mol. The van der Waals surface area contributed by atoms with Crippen LogP contribution in [0.5, 0.6) is 0 Å². The number of carbonyl (C=O) groups excluding carboxylic acids is 1. The van der Waals surface area contributed by atoms with Crippen LogP contribution in [0.15, 0.2) is 24.8 Å². The van der Waals surface area contributed by atoms with Gasteiger partial charge in [-0.15, -0.1) is 0 Å². The number of ether oxygens (including phenoxy) is 1. The van der Waals surface area contributed by atoms with Gasteiger partial charge >= 0.3 is 0 Å². The molecule has 2 aromatic rings. The van der Waals surface area contributed by atoms with E-state index in [0.29, 0.717) is 11.8 Å². The van der Waals surface area contributed by atoms with Crippen molar-refractivity contribution in [3.05, 3.63) is 41.6 Å². The Balaban J connectivity index is 1.56. The molecule has 2 heterocycles. The molecule has 132 valence electrons. The number of nitrogens with one attached hydrogen (secondary N) is 1. The van der Waals surface area contributed by atoms with Crippen LogP contribution in [0.2, 0.25) is 0 Å². The minimum Gasteiger partial charge on any atom is -0.381 e. The highest BCUT2D eigenvalue weighted by molar-refractivity contribution is 5.94. The molecular formula is C19H24N4O2. The second-order valence-corrected chi connectivity index (χ2v) is 6.97. The van der Waals surface area contributed by atoms with Crippen LogP contribution < -0.4 is 5.32 Å². The fraction of sp³-hybridized carbons (Fsp3) is 0.526. The van der Waals surface area contributed by atoms with E-state index in [9.17, 15) is 4.79 Å². The summed E-state index contributed by atoms with van der Waals surface area (Å²) in [6.45, 7) is 0. The van der Waals surface area contributed by atoms with E-state index in [4.69, 9.17) is 4.74 Å². The third kappa shape index (κ3) is 3.31. The van der Waals surface area contributed by atoms with Gasteiger partial charge in [0.25, 0.3) is 5.91 Å². The van der Waals surface area contributed by atoms with Gasteiger partial charge in [-0.2, -0.15) is 0 Å². The van der Waals surface area contributed by atoms with Gasteiger partial charge in [0.1, 0.15) is 17.8 Å². The van der Waals surface area contributed by atoms with Gasteiger partial charge in [0, 0.05) is 25.5 Å². The van der Waals surface area contributed by atoms with Crippen molar-refractivity contribution in [3.8, 4) is 5.82 Å². The lowest BCUT2D eigenvalue weighted by Crippen LogP contribution is -2.39. The van der Waals surface area contributed by atoms with Crippen LogP contribution in [0.1, 0.15) is 53.7 Å². The quantitative estimate of drug-likeness (QED) is 0.928. The van der Waals surface area contributed by atoms with Crippen molar-refractivity contribution < 1.29 is 9.53 Å². The van der Waals surface area contributed by atoms with Gasteiger partial charge in [0.05, 0.1) is 6.10 Å². The van der Waals surface area contributed by atoms with Crippen molar-refractivity contribution in [2.75, 3.05) is 7.11 Å². The zero-order valence-corrected chi connectivity index (χ0v) is 14.6. The number of aryl methyl sites for hydroxylation is 1. The molecule has 2 aliphatic carbocycles. The second kappa shape index (κ2) is 6.96. The highest BCUT2D eigenvalue weighted by Gasteiger charge is 2.26. The molecule has 1 N–H and O–H groups in total. The summed E-state index contributed by atoms with van der Waals surface area (Å²) in [5, 5.41) is 3.20. The summed E-state index contributed by atoms with van der Waals surface area (Å²) in [6, 6.07) is 2.31. The lowest BCUT2D eigenvalue weighted by molar-refractivity contribution is 0.0598. The number of pyridine rings is 1. The molecule has 1 saturated carbocycles. The number of hydrogen-bond acceptors (Lipinski definition) is 4. The molecule has 0 unspecified atom stereocenters. The van der Waals surface area contributed by atoms with Gasteiger partial charge < -0.3 is 10.1 Å². The highest BCUT2D eigenvalue weighted by Crippen LogP contribution is 2.27. The monoisotopic (exact) mass is 340 g/mol. The first-order valence-electron chi connectivity index (χ1n) is 9.09. The van der Waals surface area contributed by atoms with Crippen LogP contribution in [-0.4, -0.2) is 39.7 Å². The summed E-state index contributed by atoms with van der Waals surface area (Å²) in [5.41, 5.74) is 2.95. The summed E-state index contributed by atoms with van der Waals surface area (Å²) < 4.78 is 7.27. The van der Waals surface area contributed by atoms with Crippen molar-refractivity contribution in [1.29, 1.82) is 0 Å². The topological polar surface area (TPSA) is 69.0 Å². The van der Waals surface area contributed by atoms with E-state index in [1.54, 1.807) is 19.6 Å². The molecule has 0 atom stereocenters. The standard InChI is InChI=1S/C19H24N4O2/c1-25-15-7-5-14(6-8-15)21-19(24)18-16-4-2-3-13(16)11-17(22-18)23-10-9-20-12-23/h9-12,14-15H,2-8H2,1H3,(H,21,24)/t14-,15-. The number of nitrogens with zero attached hydrogens (tertiary/aromatic N) is 3. The smallest absolute Gasteiger partial charge is 0.270 e. The number of methoxy groups -OCH3 is 1. The molecule has 2 aliphatic rings. The Hall–Kier alpha value is -2.21. The number of fused-ring (bicyclic) bond motifs is 1. The zero-order valence-electron chi connectivity index (χ0n) is 14.6. The van der Waals surface area contributed by atoms with E-state index in [0.717, 1.165) is 56.3 Å². The fourth-order valence-electron chi connectivity index (χ4n) is 3.98. The normalized spacial score (nSPS) is 22.6. The van der Waals surface area contributed by atoms with Crippen LogP contribution in [-0.2, 0) is 17.6 Å². The molecule has 0 aliphatic heterocycles. The van der Waals surface area contributed by atoms with Gasteiger partial charge in [0.2, 0.25) is 0 Å². The Morgan fingerprint density at radius 1 is 1.28 bits per heavy atom. The summed E-state index contributed by atoms with van der Waals surface area (Å²) in [6.07, 6.45) is 12.6. The fourth-order valence-corrected chi connectivity index (χ4v) is 3.98. The summed E-state index contributed by atoms with van der Waals surface area (Å²) in [5.74, 6) is 0.729. The molecule has 0 aromatic carbocycles. The highest BCUT2D eigenvalue weighted by atomic mass is 16.5. The maximum atomic E-state index is 12.9. The van der Waals surface area contributed by atoms with Gasteiger partial charge in [-0.05, 0) is 62.1 Å². The lowest BCUT2D eigenvalue weighted by Gasteiger charge is -2.28. The second-order valence-electron chi connectivity index (χ2n) is 6.97. The van der Waals surface area contributed by atoms with E-state index in [-0.39, 0.29) is 11.9 Å². The van der Waals surface area contributed by atoms with E-state index in [1.807, 2.05) is 10.8 Å². The molecule has 1 fully saturated rings. The van der Waals surface area contributed by atoms with Crippen molar-refractivity contribution in [2.24, 2.45) is 0 Å². The lowest BCUT2D eigenvalue weighted by atomic mass is 9.93. The van der Waals surface area contributed by atoms with Crippen molar-refractivity contribution >= 4 is 5.91 Å². The molecular weight excluding hydrogens is 316 g/mol. The van der Waals surface area contributed by atoms with E-state index >= 15 is 0 Å². The average Bonchev–Trinajstić information content (AvgIpc) is 3.32. The van der Waals surface area contributed by atoms with Crippen LogP contribution in [0.25, 0.3) is 5.82 Å². The Morgan fingerprint density at radius 2 is 2.12 bits per heavy atom. The molecule has 2 aromatic heterocycles. The Labute approximate surface area is 147 Å². The van der Waals surface area contributed by atoms with Gasteiger partial charge in [-0.3, -0.25) is 9.36 Å². The third-order valence-electron chi connectivity index (χ3n) is 5.40. The SMILES string of the molecule is CO[C@H]1CC[C@H](NC(=O)c2nc(-n3ccnc3)cc3c2CCC3)CC1. The van der Waals surface area contributed by atoms with Crippen LogP contribution in [0.3, 0.4) is 0 Å². The molecule has 0 radical (unpaired) electrons. The maximum absolute atomic E-state index is 12.9.